The van der Waals surface area contributed by atoms with Crippen molar-refractivity contribution in [1.82, 2.24) is 4.90 Å². The molecule has 0 radical (unpaired) electrons. The number of hydrogen-bond acceptors (Lipinski definition) is 3. The Bertz CT molecular complexity index is 432. The van der Waals surface area contributed by atoms with Crippen molar-refractivity contribution >= 4 is 23.6 Å². The molecule has 1 aromatic carbocycles. The Labute approximate surface area is 96.7 Å². The summed E-state index contributed by atoms with van der Waals surface area (Å²) in [5.41, 5.74) is 5.03. The van der Waals surface area contributed by atoms with Crippen molar-refractivity contribution in [2.75, 3.05) is 6.54 Å². The molecule has 1 heterocycles. The third-order valence-electron chi connectivity index (χ3n) is 2.19. The summed E-state index contributed by atoms with van der Waals surface area (Å²) in [5, 5.41) is 0.557. The van der Waals surface area contributed by atoms with Crippen LogP contribution in [-0.2, 0) is 4.79 Å². The Kier molecular flexibility index (Phi) is 2.70. The van der Waals surface area contributed by atoms with Crippen molar-refractivity contribution in [1.29, 1.82) is 0 Å². The summed E-state index contributed by atoms with van der Waals surface area (Å²) in [6.45, 7) is 0.321. The van der Waals surface area contributed by atoms with Gasteiger partial charge in [0, 0.05) is 5.02 Å². The van der Waals surface area contributed by atoms with Crippen LogP contribution < -0.4 is 10.5 Å². The molecule has 0 aliphatic carbocycles. The highest BCUT2D eigenvalue weighted by Gasteiger charge is 2.44. The third kappa shape index (κ3) is 2.25. The Hall–Kier alpha value is -1.75. The first-order valence-corrected chi connectivity index (χ1v) is 4.99. The Morgan fingerprint density at radius 1 is 1.38 bits per heavy atom. The highest BCUT2D eigenvalue weighted by atomic mass is 35.5. The lowest BCUT2D eigenvalue weighted by atomic mass is 10.3. The monoisotopic (exact) mass is 240 g/mol. The fraction of sp³-hybridized carbons (Fsp3) is 0.200. The molecule has 1 saturated heterocycles. The zero-order chi connectivity index (χ0) is 11.7. The average Bonchev–Trinajstić information content (AvgIpc) is 3.01. The summed E-state index contributed by atoms with van der Waals surface area (Å²) in [7, 11) is 0. The molecule has 0 saturated carbocycles. The van der Waals surface area contributed by atoms with Gasteiger partial charge >= 0.3 is 6.09 Å². The van der Waals surface area contributed by atoms with E-state index in [0.29, 0.717) is 17.3 Å². The molecule has 6 heteroatoms. The molecule has 2 amide bonds. The molecular formula is C10H9ClN2O3. The number of amides is 2. The van der Waals surface area contributed by atoms with Crippen LogP contribution in [0.2, 0.25) is 5.02 Å². The zero-order valence-corrected chi connectivity index (χ0v) is 8.98. The summed E-state index contributed by atoms with van der Waals surface area (Å²) in [4.78, 5) is 23.4. The number of nitrogens with two attached hydrogens (primary N) is 1. The van der Waals surface area contributed by atoms with Gasteiger partial charge in [-0.05, 0) is 24.3 Å². The van der Waals surface area contributed by atoms with Crippen LogP contribution in [0.4, 0.5) is 4.79 Å². The smallest absolute Gasteiger partial charge is 0.410 e. The molecule has 1 aliphatic heterocycles. The second-order valence-electron chi connectivity index (χ2n) is 3.39. The minimum absolute atomic E-state index is 0.321. The standard InChI is InChI=1S/C10H9ClN2O3/c11-6-1-3-7(4-2-6)16-10(15)13-5-8(13)9(12)14/h1-4,8H,5H2,(H2,12,14). The molecule has 1 fully saturated rings. The van der Waals surface area contributed by atoms with Crippen molar-refractivity contribution in [3.63, 3.8) is 0 Å². The fourth-order valence-corrected chi connectivity index (χ4v) is 1.37. The lowest BCUT2D eigenvalue weighted by Gasteiger charge is -2.04. The van der Waals surface area contributed by atoms with Gasteiger partial charge in [0.05, 0.1) is 6.54 Å². The zero-order valence-electron chi connectivity index (χ0n) is 8.22. The fourth-order valence-electron chi connectivity index (χ4n) is 1.25. The minimum Gasteiger partial charge on any atom is -0.410 e. The Balaban J connectivity index is 1.94. The quantitative estimate of drug-likeness (QED) is 0.784. The minimum atomic E-state index is -0.578. The normalized spacial score (nSPS) is 18.1. The van der Waals surface area contributed by atoms with E-state index in [1.165, 1.54) is 4.90 Å². The van der Waals surface area contributed by atoms with Crippen molar-refractivity contribution in [2.24, 2.45) is 5.73 Å². The van der Waals surface area contributed by atoms with E-state index >= 15 is 0 Å². The molecule has 1 unspecified atom stereocenters. The molecule has 1 aliphatic rings. The maximum Gasteiger partial charge on any atom is 0.416 e. The van der Waals surface area contributed by atoms with Crippen LogP contribution >= 0.6 is 11.6 Å². The number of nitrogens with zero attached hydrogens (tertiary/aromatic N) is 1. The molecule has 1 aromatic rings. The molecule has 0 spiro atoms. The maximum absolute atomic E-state index is 11.4. The van der Waals surface area contributed by atoms with Gasteiger partial charge in [0.15, 0.2) is 0 Å². The summed E-state index contributed by atoms with van der Waals surface area (Å²) in [6, 6.07) is 5.84. The number of primary amides is 1. The first kappa shape index (κ1) is 10.8. The first-order chi connectivity index (χ1) is 7.58. The van der Waals surface area contributed by atoms with E-state index in [1.54, 1.807) is 24.3 Å². The van der Waals surface area contributed by atoms with Crippen LogP contribution in [0.5, 0.6) is 5.75 Å². The van der Waals surface area contributed by atoms with Gasteiger partial charge in [0.25, 0.3) is 0 Å². The SMILES string of the molecule is NC(=O)C1CN1C(=O)Oc1ccc(Cl)cc1. The van der Waals surface area contributed by atoms with Gasteiger partial charge in [-0.15, -0.1) is 0 Å². The summed E-state index contributed by atoms with van der Waals surface area (Å²) in [5.74, 6) is -0.141. The number of ether oxygens (including phenoxy) is 1. The second-order valence-corrected chi connectivity index (χ2v) is 3.83. The molecule has 5 nitrogen and oxygen atoms in total. The molecule has 0 aromatic heterocycles. The van der Waals surface area contributed by atoms with Crippen molar-refractivity contribution in [2.45, 2.75) is 6.04 Å². The van der Waals surface area contributed by atoms with Crippen LogP contribution in [0.25, 0.3) is 0 Å². The predicted molar refractivity (Wildman–Crippen MR) is 57.2 cm³/mol. The molecule has 1 atom stereocenters. The summed E-state index contributed by atoms with van der Waals surface area (Å²) < 4.78 is 4.99. The van der Waals surface area contributed by atoms with Gasteiger partial charge in [0.1, 0.15) is 11.8 Å². The van der Waals surface area contributed by atoms with E-state index in [2.05, 4.69) is 0 Å². The molecule has 2 N–H and O–H groups in total. The summed E-state index contributed by atoms with van der Waals surface area (Å²) >= 11 is 5.68. The van der Waals surface area contributed by atoms with E-state index in [0.717, 1.165) is 0 Å². The third-order valence-corrected chi connectivity index (χ3v) is 2.45. The highest BCUT2D eigenvalue weighted by Crippen LogP contribution is 2.21. The molecular weight excluding hydrogens is 232 g/mol. The van der Waals surface area contributed by atoms with Gasteiger partial charge in [0.2, 0.25) is 5.91 Å². The predicted octanol–water partition coefficient (Wildman–Crippen LogP) is 1.01. The van der Waals surface area contributed by atoms with Gasteiger partial charge in [-0.25, -0.2) is 4.79 Å². The molecule has 16 heavy (non-hydrogen) atoms. The van der Waals surface area contributed by atoms with Crippen LogP contribution in [0.1, 0.15) is 0 Å². The van der Waals surface area contributed by atoms with Crippen molar-refractivity contribution in [3.05, 3.63) is 29.3 Å². The van der Waals surface area contributed by atoms with Crippen LogP contribution in [-0.4, -0.2) is 29.5 Å². The van der Waals surface area contributed by atoms with Gasteiger partial charge in [-0.3, -0.25) is 9.69 Å². The topological polar surface area (TPSA) is 72.4 Å². The summed E-state index contributed by atoms with van der Waals surface area (Å²) in [6.07, 6.45) is -0.578. The van der Waals surface area contributed by atoms with E-state index in [9.17, 15) is 9.59 Å². The van der Waals surface area contributed by atoms with E-state index in [1.807, 2.05) is 0 Å². The number of rotatable bonds is 2. The van der Waals surface area contributed by atoms with Crippen LogP contribution in [0.3, 0.4) is 0 Å². The van der Waals surface area contributed by atoms with Crippen LogP contribution in [0, 0.1) is 0 Å². The largest absolute Gasteiger partial charge is 0.416 e. The molecule has 84 valence electrons. The molecule has 0 bridgehead atoms. The van der Waals surface area contributed by atoms with Gasteiger partial charge in [-0.1, -0.05) is 11.6 Å². The Morgan fingerprint density at radius 2 is 2.00 bits per heavy atom. The Morgan fingerprint density at radius 3 is 2.50 bits per heavy atom. The van der Waals surface area contributed by atoms with Gasteiger partial charge in [-0.2, -0.15) is 0 Å². The number of carbonyl (C=O) groups is 2. The second kappa shape index (κ2) is 4.02. The maximum atomic E-state index is 11.4. The number of hydrogen-bond donors (Lipinski definition) is 1. The number of carbonyl (C=O) groups excluding carboxylic acids is 2. The lowest BCUT2D eigenvalue weighted by Crippen LogP contribution is -2.26. The average molecular weight is 241 g/mol. The van der Waals surface area contributed by atoms with Crippen molar-refractivity contribution in [3.8, 4) is 5.75 Å². The van der Waals surface area contributed by atoms with Crippen LogP contribution in [0.15, 0.2) is 24.3 Å². The molecule has 2 rings (SSSR count). The van der Waals surface area contributed by atoms with Crippen molar-refractivity contribution < 1.29 is 14.3 Å². The van der Waals surface area contributed by atoms with E-state index in [4.69, 9.17) is 22.1 Å². The van der Waals surface area contributed by atoms with E-state index < -0.39 is 18.0 Å². The highest BCUT2D eigenvalue weighted by molar-refractivity contribution is 6.30. The van der Waals surface area contributed by atoms with E-state index in [-0.39, 0.29) is 0 Å². The number of halogens is 1. The lowest BCUT2D eigenvalue weighted by molar-refractivity contribution is -0.118. The number of benzene rings is 1. The van der Waals surface area contributed by atoms with Gasteiger partial charge < -0.3 is 10.5 Å². The first-order valence-electron chi connectivity index (χ1n) is 4.61.